The number of nitrogens with two attached hydrogens (primary N) is 1. The summed E-state index contributed by atoms with van der Waals surface area (Å²) in [6, 6.07) is 36.6. The second-order valence-electron chi connectivity index (χ2n) is 21.4. The molecule has 119 heavy (non-hydrogen) atoms. The number of carbonyl (C=O) groups excluding carboxylic acids is 7. The van der Waals surface area contributed by atoms with Crippen molar-refractivity contribution in [3.63, 3.8) is 0 Å². The zero-order valence-corrected chi connectivity index (χ0v) is 76.5. The van der Waals surface area contributed by atoms with Crippen LogP contribution in [0.1, 0.15) is 85.1 Å². The van der Waals surface area contributed by atoms with Crippen LogP contribution in [0.5, 0.6) is 0 Å². The summed E-state index contributed by atoms with van der Waals surface area (Å²) in [6.07, 6.45) is 26.0. The van der Waals surface area contributed by atoms with Gasteiger partial charge in [-0.15, -0.1) is 0 Å². The van der Waals surface area contributed by atoms with E-state index in [1.165, 1.54) is 57.3 Å². The Balaban J connectivity index is 0.000000686. The van der Waals surface area contributed by atoms with Crippen LogP contribution in [0.3, 0.4) is 0 Å². The van der Waals surface area contributed by atoms with Gasteiger partial charge in [0, 0.05) is 139 Å². The number of benzene rings is 1. The molecule has 11 heterocycles. The van der Waals surface area contributed by atoms with Crippen LogP contribution >= 0.6 is 92.8 Å². The fraction of sp³-hybridized carbons (Fsp3) is 0.128. The summed E-state index contributed by atoms with van der Waals surface area (Å²) in [5.74, 6) is -2.09. The summed E-state index contributed by atoms with van der Waals surface area (Å²) in [4.78, 5) is 121. The smallest absolute Gasteiger partial charge is 1.00 e. The number of hydrogen-bond acceptors (Lipinski definition) is 31. The monoisotopic (exact) mass is 1830 g/mol. The van der Waals surface area contributed by atoms with Gasteiger partial charge in [0.2, 0.25) is 0 Å². The van der Waals surface area contributed by atoms with E-state index in [0.717, 1.165) is 46.0 Å². The minimum absolute atomic E-state index is 0. The van der Waals surface area contributed by atoms with Crippen LogP contribution in [-0.4, -0.2) is 137 Å². The van der Waals surface area contributed by atoms with Crippen molar-refractivity contribution < 1.29 is 177 Å². The molecule has 0 radical (unpaired) electrons. The molecule has 0 atom stereocenters. The molecule has 0 fully saturated rings. The van der Waals surface area contributed by atoms with E-state index in [4.69, 9.17) is 128 Å². The van der Waals surface area contributed by atoms with Crippen molar-refractivity contribution in [1.29, 1.82) is 0 Å². The van der Waals surface area contributed by atoms with Crippen LogP contribution in [0.2, 0.25) is 41.0 Å². The molecule has 7 N–H and O–H groups in total. The molecule has 31 nitrogen and oxygen atoms in total. The molecule has 41 heteroatoms. The number of halogens is 8. The van der Waals surface area contributed by atoms with Gasteiger partial charge < -0.3 is 67.4 Å². The number of pyridine rings is 11. The molecule has 0 aliphatic carbocycles. The van der Waals surface area contributed by atoms with Gasteiger partial charge in [-0.05, 0) is 123 Å². The molecule has 11 aromatic heterocycles. The zero-order chi connectivity index (χ0) is 85.7. The average molecular weight is 1840 g/mol. The number of ether oxygens (including phenoxy) is 5. The Morgan fingerprint density at radius 1 is 0.429 bits per heavy atom. The average Bonchev–Trinajstić information content (AvgIpc) is 0.837. The predicted molar refractivity (Wildman–Crippen MR) is 445 cm³/mol. The summed E-state index contributed by atoms with van der Waals surface area (Å²) in [7, 11) is 2.71. The van der Waals surface area contributed by atoms with Crippen molar-refractivity contribution in [3.8, 4) is 0 Å². The Labute approximate surface area is 809 Å². The number of methoxy groups -OCH3 is 2. The minimum Gasteiger partial charge on any atom is -1.00 e. The Morgan fingerprint density at radius 2 is 0.739 bits per heavy atom. The van der Waals surface area contributed by atoms with Gasteiger partial charge in [-0.3, -0.25) is 39.3 Å². The van der Waals surface area contributed by atoms with Crippen molar-refractivity contribution in [2.75, 3.05) is 61.0 Å². The maximum Gasteiger partial charge on any atom is 1.00 e. The Kier molecular flexibility index (Phi) is 55.3. The van der Waals surface area contributed by atoms with Gasteiger partial charge in [-0.25, -0.2) is 49.1 Å². The number of aliphatic hydroxyl groups excluding tert-OH is 1. The van der Waals surface area contributed by atoms with E-state index in [9.17, 15) is 28.8 Å². The minimum atomic E-state index is -0.489. The number of nitrogens with one attached hydrogen (secondary N) is 4. The summed E-state index contributed by atoms with van der Waals surface area (Å²) in [5, 5.41) is 32.2. The molecule has 0 saturated heterocycles. The van der Waals surface area contributed by atoms with Crippen molar-refractivity contribution in [2.24, 2.45) is 0 Å². The third-order valence-electron chi connectivity index (χ3n) is 13.4. The number of aldehydes is 1. The van der Waals surface area contributed by atoms with E-state index in [1.807, 2.05) is 42.5 Å². The maximum atomic E-state index is 11.8. The first kappa shape index (κ1) is 106. The number of nitrogen functional groups attached to an aromatic ring is 1. The summed E-state index contributed by atoms with van der Waals surface area (Å²) in [5.41, 5.74) is 15.1. The Bertz CT molecular complexity index is 4990. The predicted octanol–water partition coefficient (Wildman–Crippen LogP) is 10.5. The first-order valence-corrected chi connectivity index (χ1v) is 36.5. The second-order valence-corrected chi connectivity index (χ2v) is 24.6. The van der Waals surface area contributed by atoms with Gasteiger partial charge in [0.05, 0.1) is 90.9 Å². The molecule has 0 aliphatic heterocycles. The SMILES string of the molecule is CCOC(=O)c1cnc(Cl)cc1Cl.CCOC(=O)c1cnc(Cl)cc1Cl.CCOC(=O)c1cnc(Cl)cc1Nc1ccncc1.COC(=O)Cc1ccccc1.COC(=O)c1cnc(Cl)cc1Nc1ccncc1.Nc1ccncc1.O=CO[O-].O=Cc1cnc(Cl)cc1Nc1ccncc1.OCc1cnc(Cl)cc1Nc1ccncc1.[H-].[K+].[K+]. The molecular formula is C78H72Cl8K2N16O15. The van der Waals surface area contributed by atoms with Gasteiger partial charge >= 0.3 is 133 Å². The first-order chi connectivity index (χ1) is 56.4. The molecule has 0 aliphatic rings. The van der Waals surface area contributed by atoms with Crippen molar-refractivity contribution in [1.82, 2.24) is 54.8 Å². The number of nitrogens with zero attached hydrogens (tertiary/aromatic N) is 11. The van der Waals surface area contributed by atoms with E-state index < -0.39 is 23.9 Å². The fourth-order valence-corrected chi connectivity index (χ4v) is 9.67. The molecule has 0 bridgehead atoms. The quantitative estimate of drug-likeness (QED) is 0.00785. The standard InChI is InChI=1S/C13H12ClN3O2.C12H10ClN3O2.C11H10ClN3O.C11H8ClN3O.C9H10O2.2C8H7Cl2NO2.C5H6N2.CH2O3.2K.H/c1-2-19-13(18)10-8-16-12(14)7-11(10)17-9-3-5-15-6-4-9;1-18-12(17)9-7-15-11(13)6-10(9)16-8-2-4-14-5-3-8;2*12-11-5-10(8(7-16)6-14-11)15-9-1-3-13-4-2-9;1-11-9(10)7-8-5-3-2-4-6-8;2*1-2-13-8(12)5-4-11-7(10)3-6(5)9;6-5-1-3-7-4-2-5;2-1-4-3;;;/h3-8H,2H2,1H3,(H,15,16,17);2-7H,1H3,(H,14,15,16);1-6,16H,7H2,(H,13,14,15);1-7H,(H,13,14,15);2-6H,7H2,1H3;2*3-4H,2H2,1H3;1-4H,(H2,6,7);1,3H;;;/q;;;;;;;;;2*+1;-1/p-1. The van der Waals surface area contributed by atoms with Gasteiger partial charge in [0.15, 0.2) is 6.29 Å². The molecule has 0 saturated carbocycles. The Morgan fingerprint density at radius 3 is 1.07 bits per heavy atom. The van der Waals surface area contributed by atoms with E-state index in [2.05, 4.69) is 90.5 Å². The maximum absolute atomic E-state index is 11.8. The van der Waals surface area contributed by atoms with E-state index in [1.54, 1.807) is 162 Å². The molecule has 0 amide bonds. The van der Waals surface area contributed by atoms with Crippen LogP contribution in [0.25, 0.3) is 0 Å². The van der Waals surface area contributed by atoms with Crippen LogP contribution in [0, 0.1) is 0 Å². The third-order valence-corrected chi connectivity index (χ3v) is 15.3. The zero-order valence-electron chi connectivity index (χ0n) is 65.2. The third kappa shape index (κ3) is 42.6. The van der Waals surface area contributed by atoms with Gasteiger partial charge in [0.1, 0.15) is 42.0 Å². The van der Waals surface area contributed by atoms with Gasteiger partial charge in [-0.2, -0.15) is 0 Å². The van der Waals surface area contributed by atoms with Crippen LogP contribution in [0.4, 0.5) is 51.2 Å². The number of carbonyl (C=O) groups is 7. The van der Waals surface area contributed by atoms with Crippen molar-refractivity contribution >= 4 is 187 Å². The fourth-order valence-electron chi connectivity index (χ4n) is 8.15. The number of esters is 5. The summed E-state index contributed by atoms with van der Waals surface area (Å²) >= 11 is 45.8. The first-order valence-electron chi connectivity index (χ1n) is 33.5. The Hall–Kier alpha value is -9.13. The van der Waals surface area contributed by atoms with E-state index >= 15 is 0 Å². The molecular weight excluding hydrogens is 1760 g/mol. The number of hydrogen-bond donors (Lipinski definition) is 6. The molecule has 612 valence electrons. The van der Waals surface area contributed by atoms with Crippen LogP contribution in [0.15, 0.2) is 227 Å². The van der Waals surface area contributed by atoms with Crippen LogP contribution < -0.4 is 135 Å². The molecule has 12 aromatic rings. The van der Waals surface area contributed by atoms with Gasteiger partial charge in [0.25, 0.3) is 6.47 Å². The number of aromatic nitrogens is 11. The van der Waals surface area contributed by atoms with Crippen molar-refractivity contribution in [3.05, 3.63) is 306 Å². The summed E-state index contributed by atoms with van der Waals surface area (Å²) < 4.78 is 23.7. The van der Waals surface area contributed by atoms with Crippen molar-refractivity contribution in [2.45, 2.75) is 33.8 Å². The number of rotatable bonds is 20. The second kappa shape index (κ2) is 62.1. The molecule has 0 unspecified atom stereocenters. The molecule has 1 aromatic carbocycles. The normalized spacial score (nSPS) is 9.44. The summed E-state index contributed by atoms with van der Waals surface area (Å²) in [6.45, 7) is 5.82. The number of anilines is 9. The van der Waals surface area contributed by atoms with Crippen LogP contribution in [-0.2, 0) is 51.2 Å². The van der Waals surface area contributed by atoms with Gasteiger partial charge in [-0.1, -0.05) is 123 Å². The number of aliphatic hydroxyl groups is 1. The molecule has 0 spiro atoms. The van der Waals surface area contributed by atoms with E-state index in [-0.39, 0.29) is 155 Å². The largest absolute Gasteiger partial charge is 1.00 e. The topological polar surface area (TPSA) is 434 Å². The van der Waals surface area contributed by atoms with E-state index in [0.29, 0.717) is 86.2 Å². The molecule has 12 rings (SSSR count).